The second-order valence-corrected chi connectivity index (χ2v) is 9.90. The molecule has 1 aromatic carbocycles. The number of benzene rings is 1. The predicted octanol–water partition coefficient (Wildman–Crippen LogP) is 4.04. The molecule has 1 aliphatic carbocycles. The highest BCUT2D eigenvalue weighted by Gasteiger charge is 2.29. The summed E-state index contributed by atoms with van der Waals surface area (Å²) in [6.45, 7) is 4.07. The molecular weight excluding hydrogens is 473 g/mol. The van der Waals surface area contributed by atoms with Crippen LogP contribution in [-0.2, 0) is 11.2 Å². The number of nitrogens with zero attached hydrogens (tertiary/aromatic N) is 4. The van der Waals surface area contributed by atoms with Gasteiger partial charge >= 0.3 is 0 Å². The van der Waals surface area contributed by atoms with Gasteiger partial charge < -0.3 is 19.7 Å². The van der Waals surface area contributed by atoms with E-state index in [0.29, 0.717) is 41.0 Å². The molecule has 3 heterocycles. The zero-order chi connectivity index (χ0) is 23.5. The first-order valence-corrected chi connectivity index (χ1v) is 13.0. The minimum absolute atomic E-state index is 0.111. The molecule has 5 rings (SSSR count). The zero-order valence-corrected chi connectivity index (χ0v) is 20.6. The van der Waals surface area contributed by atoms with E-state index in [1.807, 2.05) is 18.5 Å². The third-order valence-corrected chi connectivity index (χ3v) is 7.56. The number of halogens is 2. The van der Waals surface area contributed by atoms with Crippen LogP contribution in [0.25, 0.3) is 0 Å². The first kappa shape index (κ1) is 23.6. The summed E-state index contributed by atoms with van der Waals surface area (Å²) in [6.07, 6.45) is 9.41. The molecule has 0 spiro atoms. The van der Waals surface area contributed by atoms with E-state index >= 15 is 0 Å². The van der Waals surface area contributed by atoms with E-state index in [1.54, 1.807) is 0 Å². The summed E-state index contributed by atoms with van der Waals surface area (Å²) in [5, 5.41) is 13.5. The number of piperidine rings is 1. The van der Waals surface area contributed by atoms with Crippen molar-refractivity contribution in [3.63, 3.8) is 0 Å². The molecule has 0 bridgehead atoms. The molecule has 1 unspecified atom stereocenters. The summed E-state index contributed by atoms with van der Waals surface area (Å²) < 4.78 is 11.8. The van der Waals surface area contributed by atoms with Gasteiger partial charge in [-0.1, -0.05) is 11.6 Å². The largest absolute Gasteiger partial charge is 0.489 e. The Labute approximate surface area is 210 Å². The quantitative estimate of drug-likeness (QED) is 0.572. The number of rotatable bonds is 7. The Bertz CT molecular complexity index is 1050. The van der Waals surface area contributed by atoms with Crippen LogP contribution in [0.3, 0.4) is 0 Å². The summed E-state index contributed by atoms with van der Waals surface area (Å²) in [5.74, 6) is 1.66. The number of nitriles is 1. The molecule has 2 fully saturated rings. The highest BCUT2D eigenvalue weighted by molar-refractivity contribution is 6.33. The number of hydrogen-bond acceptors (Lipinski definition) is 7. The van der Waals surface area contributed by atoms with E-state index in [1.165, 1.54) is 0 Å². The summed E-state index contributed by atoms with van der Waals surface area (Å²) in [5.41, 5.74) is 3.62. The van der Waals surface area contributed by atoms with Crippen LogP contribution in [0, 0.1) is 11.3 Å². The first-order chi connectivity index (χ1) is 16.7. The number of fused-ring (bicyclic) bond motifs is 1. The normalized spacial score (nSPS) is 21.0. The molecule has 0 radical (unpaired) electrons. The summed E-state index contributed by atoms with van der Waals surface area (Å²) in [4.78, 5) is 11.7. The van der Waals surface area contributed by atoms with Gasteiger partial charge in [0.2, 0.25) is 5.95 Å². The van der Waals surface area contributed by atoms with Gasteiger partial charge in [0.05, 0.1) is 28.7 Å². The molecular formula is C25H29Cl2N5O2. The number of aromatic nitrogens is 2. The zero-order valence-electron chi connectivity index (χ0n) is 19.1. The van der Waals surface area contributed by atoms with Gasteiger partial charge in [0.1, 0.15) is 12.7 Å². The molecule has 1 aromatic heterocycles. The fraction of sp³-hybridized carbons (Fsp3) is 0.560. The Morgan fingerprint density at radius 1 is 1.15 bits per heavy atom. The molecule has 1 N–H and O–H groups in total. The van der Waals surface area contributed by atoms with Crippen molar-refractivity contribution < 1.29 is 9.47 Å². The monoisotopic (exact) mass is 501 g/mol. The molecule has 0 saturated carbocycles. The van der Waals surface area contributed by atoms with Crippen molar-refractivity contribution in [1.29, 1.82) is 5.26 Å². The molecule has 34 heavy (non-hydrogen) atoms. The predicted molar refractivity (Wildman–Crippen MR) is 132 cm³/mol. The Balaban J connectivity index is 1.31. The highest BCUT2D eigenvalue weighted by atomic mass is 35.5. The van der Waals surface area contributed by atoms with Crippen LogP contribution in [0.5, 0.6) is 5.75 Å². The lowest BCUT2D eigenvalue weighted by molar-refractivity contribution is -0.0467. The molecule has 1 atom stereocenters. The lowest BCUT2D eigenvalue weighted by Crippen LogP contribution is -2.51. The first-order valence-electron chi connectivity index (χ1n) is 12.0. The van der Waals surface area contributed by atoms with E-state index in [9.17, 15) is 5.26 Å². The van der Waals surface area contributed by atoms with Crippen LogP contribution in [0.15, 0.2) is 18.5 Å². The Kier molecular flexibility index (Phi) is 7.40. The number of nitrogens with one attached hydrogen (secondary N) is 1. The number of ether oxygens (including phenoxy) is 2. The van der Waals surface area contributed by atoms with Crippen LogP contribution in [0.1, 0.15) is 53.9 Å². The van der Waals surface area contributed by atoms with Crippen LogP contribution < -0.4 is 15.0 Å². The van der Waals surface area contributed by atoms with Crippen molar-refractivity contribution in [3.05, 3.63) is 45.7 Å². The molecule has 2 aliphatic heterocycles. The van der Waals surface area contributed by atoms with E-state index in [0.717, 1.165) is 80.9 Å². The number of hydrogen-bond donors (Lipinski definition) is 1. The van der Waals surface area contributed by atoms with Crippen LogP contribution >= 0.6 is 23.2 Å². The Morgan fingerprint density at radius 3 is 2.56 bits per heavy atom. The van der Waals surface area contributed by atoms with Crippen LogP contribution in [-0.4, -0.2) is 60.8 Å². The van der Waals surface area contributed by atoms with Crippen molar-refractivity contribution in [1.82, 2.24) is 15.3 Å². The van der Waals surface area contributed by atoms with Crippen molar-refractivity contribution >= 4 is 29.2 Å². The maximum absolute atomic E-state index is 9.70. The van der Waals surface area contributed by atoms with Crippen molar-refractivity contribution in [2.45, 2.75) is 50.2 Å². The summed E-state index contributed by atoms with van der Waals surface area (Å²) in [6, 6.07) is 4.16. The SMILES string of the molecule is N#Cc1cc2c(c(Cl)c1OCCCl)CCCC2c1cnc(N2CCC(OC3CNC3)CC2)nc1. The number of anilines is 1. The van der Waals surface area contributed by atoms with E-state index < -0.39 is 0 Å². The van der Waals surface area contributed by atoms with Gasteiger partial charge in [0.15, 0.2) is 5.75 Å². The van der Waals surface area contributed by atoms with Crippen molar-refractivity contribution in [3.8, 4) is 11.8 Å². The fourth-order valence-electron chi connectivity index (χ4n) is 5.10. The maximum Gasteiger partial charge on any atom is 0.225 e. The molecule has 2 saturated heterocycles. The second-order valence-electron chi connectivity index (χ2n) is 9.15. The molecule has 180 valence electrons. The van der Waals surface area contributed by atoms with Gasteiger partial charge in [-0.3, -0.25) is 0 Å². The van der Waals surface area contributed by atoms with Gasteiger partial charge in [-0.05, 0) is 54.9 Å². The maximum atomic E-state index is 9.70. The average Bonchev–Trinajstić information content (AvgIpc) is 2.86. The van der Waals surface area contributed by atoms with Gasteiger partial charge in [-0.15, -0.1) is 11.6 Å². The second kappa shape index (κ2) is 10.7. The Morgan fingerprint density at radius 2 is 1.91 bits per heavy atom. The molecule has 9 heteroatoms. The van der Waals surface area contributed by atoms with E-state index in [2.05, 4.69) is 16.3 Å². The van der Waals surface area contributed by atoms with Gasteiger partial charge in [-0.25, -0.2) is 9.97 Å². The minimum atomic E-state index is 0.111. The third-order valence-electron chi connectivity index (χ3n) is 7.01. The number of alkyl halides is 1. The Hall–Kier alpha value is -2.11. The fourth-order valence-corrected chi connectivity index (χ4v) is 5.54. The third kappa shape index (κ3) is 4.83. The van der Waals surface area contributed by atoms with Crippen molar-refractivity contribution in [2.75, 3.05) is 43.6 Å². The standard InChI is InChI=1S/C25H29Cl2N5O2/c26-6-9-33-24-16(11-28)10-22-20(2-1-3-21(22)23(24)27)17-12-30-25(31-13-17)32-7-4-18(5-8-32)34-19-14-29-15-19/h10,12-13,18-20,29H,1-9,14-15H2. The lowest BCUT2D eigenvalue weighted by Gasteiger charge is -2.36. The average molecular weight is 502 g/mol. The van der Waals surface area contributed by atoms with E-state index in [4.69, 9.17) is 42.6 Å². The molecule has 7 nitrogen and oxygen atoms in total. The van der Waals surface area contributed by atoms with Crippen LogP contribution in [0.2, 0.25) is 5.02 Å². The van der Waals surface area contributed by atoms with Crippen molar-refractivity contribution in [2.24, 2.45) is 0 Å². The minimum Gasteiger partial charge on any atom is -0.489 e. The smallest absolute Gasteiger partial charge is 0.225 e. The van der Waals surface area contributed by atoms with Gasteiger partial charge in [0.25, 0.3) is 0 Å². The van der Waals surface area contributed by atoms with E-state index in [-0.39, 0.29) is 5.92 Å². The molecule has 3 aliphatic rings. The van der Waals surface area contributed by atoms with Crippen LogP contribution in [0.4, 0.5) is 5.95 Å². The molecule has 0 amide bonds. The van der Waals surface area contributed by atoms with Gasteiger partial charge in [0, 0.05) is 44.5 Å². The lowest BCUT2D eigenvalue weighted by atomic mass is 9.79. The highest BCUT2D eigenvalue weighted by Crippen LogP contribution is 2.44. The summed E-state index contributed by atoms with van der Waals surface area (Å²) >= 11 is 12.5. The van der Waals surface area contributed by atoms with Gasteiger partial charge in [-0.2, -0.15) is 5.26 Å². The topological polar surface area (TPSA) is 83.3 Å². The molecule has 2 aromatic rings. The summed E-state index contributed by atoms with van der Waals surface area (Å²) in [7, 11) is 0.